The second kappa shape index (κ2) is 10.8. The van der Waals surface area contributed by atoms with Crippen LogP contribution in [0.15, 0.2) is 59.5 Å². The molecule has 0 spiro atoms. The monoisotopic (exact) mass is 538 g/mol. The molecule has 10 heteroatoms. The van der Waals surface area contributed by atoms with Crippen LogP contribution in [0.2, 0.25) is 0 Å². The van der Waals surface area contributed by atoms with Gasteiger partial charge in [0.05, 0.1) is 28.8 Å². The molecule has 1 N–H and O–H groups in total. The van der Waals surface area contributed by atoms with Crippen LogP contribution in [0.4, 0.5) is 10.2 Å². The average Bonchev–Trinajstić information content (AvgIpc) is 3.83. The number of nitriles is 1. The van der Waals surface area contributed by atoms with Crippen molar-refractivity contribution in [1.29, 1.82) is 5.26 Å². The summed E-state index contributed by atoms with van der Waals surface area (Å²) in [5, 5.41) is 17.4. The number of ether oxygens (including phenoxy) is 1. The molecule has 0 radical (unpaired) electrons. The van der Waals surface area contributed by atoms with Crippen LogP contribution < -0.4 is 15.2 Å². The molecule has 1 amide bonds. The number of anilines is 1. The summed E-state index contributed by atoms with van der Waals surface area (Å²) in [6.07, 6.45) is 4.28. The molecule has 2 aromatic heterocycles. The molecule has 6 rings (SSSR count). The summed E-state index contributed by atoms with van der Waals surface area (Å²) >= 11 is 0. The van der Waals surface area contributed by atoms with Crippen LogP contribution in [0.25, 0.3) is 10.8 Å². The van der Waals surface area contributed by atoms with Crippen LogP contribution in [-0.4, -0.2) is 58.8 Å². The van der Waals surface area contributed by atoms with Crippen molar-refractivity contribution in [2.24, 2.45) is 5.92 Å². The van der Waals surface area contributed by atoms with Crippen molar-refractivity contribution in [2.45, 2.75) is 19.3 Å². The van der Waals surface area contributed by atoms with Crippen molar-refractivity contribution >= 4 is 22.5 Å². The third-order valence-corrected chi connectivity index (χ3v) is 7.43. The molecule has 1 saturated heterocycles. The first-order chi connectivity index (χ1) is 19.5. The van der Waals surface area contributed by atoms with Gasteiger partial charge in [0.1, 0.15) is 23.5 Å². The zero-order valence-electron chi connectivity index (χ0n) is 21.8. The number of nitrogens with zero attached hydrogens (tertiary/aromatic N) is 5. The lowest BCUT2D eigenvalue weighted by molar-refractivity contribution is 0.0741. The lowest BCUT2D eigenvalue weighted by Gasteiger charge is -2.35. The Morgan fingerprint density at radius 2 is 1.93 bits per heavy atom. The quantitative estimate of drug-likeness (QED) is 0.382. The van der Waals surface area contributed by atoms with Crippen molar-refractivity contribution in [2.75, 3.05) is 37.7 Å². The molecular weight excluding hydrogens is 511 g/mol. The Balaban J connectivity index is 1.20. The summed E-state index contributed by atoms with van der Waals surface area (Å²) in [6, 6.07) is 15.4. The number of hydrogen-bond donors (Lipinski definition) is 1. The van der Waals surface area contributed by atoms with Gasteiger partial charge in [0.2, 0.25) is 0 Å². The zero-order valence-corrected chi connectivity index (χ0v) is 21.8. The second-order valence-corrected chi connectivity index (χ2v) is 10.2. The molecule has 2 aliphatic rings. The number of carbonyl (C=O) groups is 1. The maximum atomic E-state index is 14.9. The Morgan fingerprint density at radius 1 is 1.10 bits per heavy atom. The van der Waals surface area contributed by atoms with Gasteiger partial charge in [0.25, 0.3) is 11.5 Å². The average molecular weight is 539 g/mol. The van der Waals surface area contributed by atoms with Crippen LogP contribution in [0.5, 0.6) is 5.75 Å². The molecule has 9 nitrogen and oxygen atoms in total. The normalized spacial score (nSPS) is 15.2. The molecule has 0 atom stereocenters. The van der Waals surface area contributed by atoms with Crippen LogP contribution >= 0.6 is 0 Å². The number of halogens is 1. The third kappa shape index (κ3) is 5.23. The first-order valence-electron chi connectivity index (χ1n) is 13.3. The van der Waals surface area contributed by atoms with Gasteiger partial charge in [-0.05, 0) is 66.8 Å². The summed E-state index contributed by atoms with van der Waals surface area (Å²) in [7, 11) is 0. The Bertz CT molecular complexity index is 1690. The predicted molar refractivity (Wildman–Crippen MR) is 147 cm³/mol. The highest BCUT2D eigenvalue weighted by Crippen LogP contribution is 2.30. The van der Waals surface area contributed by atoms with Crippen molar-refractivity contribution in [3.05, 3.63) is 93.3 Å². The van der Waals surface area contributed by atoms with E-state index in [1.807, 2.05) is 11.0 Å². The van der Waals surface area contributed by atoms with Gasteiger partial charge < -0.3 is 14.5 Å². The van der Waals surface area contributed by atoms with E-state index >= 15 is 0 Å². The Kier molecular flexibility index (Phi) is 6.86. The van der Waals surface area contributed by atoms with E-state index in [1.54, 1.807) is 47.5 Å². The summed E-state index contributed by atoms with van der Waals surface area (Å²) in [6.45, 7) is 2.37. The summed E-state index contributed by atoms with van der Waals surface area (Å²) in [4.78, 5) is 33.6. The molecule has 0 unspecified atom stereocenters. The minimum atomic E-state index is -0.595. The number of hydrogen-bond acceptors (Lipinski definition) is 7. The third-order valence-electron chi connectivity index (χ3n) is 7.43. The molecule has 0 bridgehead atoms. The van der Waals surface area contributed by atoms with E-state index in [1.165, 1.54) is 18.9 Å². The van der Waals surface area contributed by atoms with Gasteiger partial charge >= 0.3 is 0 Å². The van der Waals surface area contributed by atoms with E-state index in [4.69, 9.17) is 4.74 Å². The van der Waals surface area contributed by atoms with Crippen molar-refractivity contribution in [3.63, 3.8) is 0 Å². The summed E-state index contributed by atoms with van der Waals surface area (Å²) < 4.78 is 20.8. The topological polar surface area (TPSA) is 115 Å². The highest BCUT2D eigenvalue weighted by atomic mass is 19.1. The van der Waals surface area contributed by atoms with Crippen LogP contribution in [0.1, 0.15) is 40.0 Å². The van der Waals surface area contributed by atoms with Gasteiger partial charge in [-0.25, -0.2) is 14.5 Å². The molecule has 1 saturated carbocycles. The molecule has 40 heavy (non-hydrogen) atoms. The minimum absolute atomic E-state index is 0.0105. The summed E-state index contributed by atoms with van der Waals surface area (Å²) in [5.41, 5.74) is 1.47. The van der Waals surface area contributed by atoms with Gasteiger partial charge in [-0.15, -0.1) is 0 Å². The maximum Gasteiger partial charge on any atom is 0.272 e. The van der Waals surface area contributed by atoms with E-state index in [-0.39, 0.29) is 11.1 Å². The van der Waals surface area contributed by atoms with Gasteiger partial charge in [-0.3, -0.25) is 9.59 Å². The fourth-order valence-corrected chi connectivity index (χ4v) is 4.99. The first-order valence-corrected chi connectivity index (χ1v) is 13.3. The fraction of sp³-hybridized carbons (Fsp3) is 0.300. The number of H-pyrrole nitrogens is 1. The van der Waals surface area contributed by atoms with E-state index in [9.17, 15) is 19.2 Å². The molecule has 1 aliphatic carbocycles. The molecule has 1 aliphatic heterocycles. The van der Waals surface area contributed by atoms with Crippen molar-refractivity contribution < 1.29 is 13.9 Å². The molecule has 202 valence electrons. The van der Waals surface area contributed by atoms with Crippen LogP contribution in [-0.2, 0) is 6.42 Å². The lowest BCUT2D eigenvalue weighted by atomic mass is 10.0. The smallest absolute Gasteiger partial charge is 0.272 e. The molecule has 4 aromatic rings. The van der Waals surface area contributed by atoms with Crippen molar-refractivity contribution in [3.8, 4) is 11.8 Å². The molecule has 3 heterocycles. The Labute approximate surface area is 229 Å². The largest absolute Gasteiger partial charge is 0.493 e. The van der Waals surface area contributed by atoms with E-state index in [0.717, 1.165) is 0 Å². The fourth-order valence-electron chi connectivity index (χ4n) is 4.99. The standard InChI is InChI=1S/C30H27FN6O3/c31-26-8-5-20(15-27-24-16-22(40-18-19-3-4-19)6-7-23(24)29(38)35-34-27)14-25(26)30(39)37-12-10-36(11-13-37)28-21(17-32)2-1-9-33-28/h1-2,5-9,14,16,19H,3-4,10-13,15,18H2,(H,35,38). The Hall–Kier alpha value is -4.78. The van der Waals surface area contributed by atoms with E-state index < -0.39 is 11.7 Å². The number of fused-ring (bicyclic) bond motifs is 1. The van der Waals surface area contributed by atoms with Crippen LogP contribution in [0.3, 0.4) is 0 Å². The van der Waals surface area contributed by atoms with E-state index in [2.05, 4.69) is 21.3 Å². The van der Waals surface area contributed by atoms with Gasteiger partial charge in [0, 0.05) is 44.2 Å². The summed E-state index contributed by atoms with van der Waals surface area (Å²) in [5.74, 6) is 0.871. The zero-order chi connectivity index (χ0) is 27.6. The number of rotatable bonds is 7. The SMILES string of the molecule is N#Cc1cccnc1N1CCN(C(=O)c2cc(Cc3n[nH]c(=O)c4ccc(OCC5CC5)cc34)ccc2F)CC1. The number of piperazine rings is 1. The number of carbonyl (C=O) groups excluding carboxylic acids is 1. The number of benzene rings is 2. The lowest BCUT2D eigenvalue weighted by Crippen LogP contribution is -2.49. The molecule has 2 fully saturated rings. The number of amides is 1. The number of aromatic amines is 1. The number of aromatic nitrogens is 3. The second-order valence-electron chi connectivity index (χ2n) is 10.2. The van der Waals surface area contributed by atoms with Crippen LogP contribution in [0, 0.1) is 23.1 Å². The van der Waals surface area contributed by atoms with E-state index in [0.29, 0.717) is 84.3 Å². The highest BCUT2D eigenvalue weighted by molar-refractivity contribution is 5.95. The molecule has 2 aromatic carbocycles. The highest BCUT2D eigenvalue weighted by Gasteiger charge is 2.26. The Morgan fingerprint density at radius 3 is 2.70 bits per heavy atom. The predicted octanol–water partition coefficient (Wildman–Crippen LogP) is 3.67. The van der Waals surface area contributed by atoms with Crippen molar-refractivity contribution in [1.82, 2.24) is 20.1 Å². The van der Waals surface area contributed by atoms with Gasteiger partial charge in [-0.2, -0.15) is 10.4 Å². The minimum Gasteiger partial charge on any atom is -0.493 e. The number of pyridine rings is 1. The van der Waals surface area contributed by atoms with Gasteiger partial charge in [-0.1, -0.05) is 6.07 Å². The first kappa shape index (κ1) is 25.5. The van der Waals surface area contributed by atoms with Gasteiger partial charge in [0.15, 0.2) is 0 Å². The molecular formula is C30H27FN6O3. The number of nitrogens with one attached hydrogen (secondary N) is 1. The maximum absolute atomic E-state index is 14.9.